The van der Waals surface area contributed by atoms with Gasteiger partial charge in [0.25, 0.3) is 5.56 Å². The first-order valence-corrected chi connectivity index (χ1v) is 12.6. The second-order valence-electron chi connectivity index (χ2n) is 10.0. The van der Waals surface area contributed by atoms with Crippen LogP contribution in [0, 0.1) is 23.2 Å². The number of piperazine rings is 1. The summed E-state index contributed by atoms with van der Waals surface area (Å²) < 4.78 is 46.1. The molecule has 1 atom stereocenters. The Morgan fingerprint density at radius 3 is 2.55 bits per heavy atom. The van der Waals surface area contributed by atoms with E-state index in [-0.39, 0.29) is 29.5 Å². The van der Waals surface area contributed by atoms with Gasteiger partial charge in [0, 0.05) is 57.3 Å². The summed E-state index contributed by atoms with van der Waals surface area (Å²) >= 11 is 0. The van der Waals surface area contributed by atoms with Crippen molar-refractivity contribution in [3.05, 3.63) is 46.0 Å². The Balaban J connectivity index is 1.04. The fraction of sp³-hybridized carbons (Fsp3) is 0.560. The lowest BCUT2D eigenvalue weighted by molar-refractivity contribution is -0.145. The van der Waals surface area contributed by atoms with Gasteiger partial charge in [-0.3, -0.25) is 9.59 Å². The molecule has 1 amide bonds. The fourth-order valence-electron chi connectivity index (χ4n) is 5.32. The van der Waals surface area contributed by atoms with E-state index in [2.05, 4.69) is 21.1 Å². The van der Waals surface area contributed by atoms with E-state index in [4.69, 9.17) is 10.00 Å². The molecule has 2 aliphatic heterocycles. The molecule has 2 aromatic rings. The highest BCUT2D eigenvalue weighted by atomic mass is 19.4. The SMILES string of the molecule is N#Cc1ccc(N2CCN(C(=O)C3CC(OCC4CCN(c5cn[nH]c(=O)c5C(F)(F)F)C4)C3)CC2)nc1. The zero-order valence-corrected chi connectivity index (χ0v) is 20.7. The maximum atomic E-state index is 13.4. The maximum absolute atomic E-state index is 13.4. The number of nitrogens with zero attached hydrogens (tertiary/aromatic N) is 6. The fourth-order valence-corrected chi connectivity index (χ4v) is 5.32. The average Bonchev–Trinajstić information content (AvgIpc) is 3.36. The first-order valence-electron chi connectivity index (χ1n) is 12.6. The monoisotopic (exact) mass is 531 g/mol. The summed E-state index contributed by atoms with van der Waals surface area (Å²) in [5.41, 5.74) is -2.15. The topological polar surface area (TPSA) is 118 Å². The molecule has 1 aliphatic carbocycles. The number of H-pyrrole nitrogens is 1. The van der Waals surface area contributed by atoms with Gasteiger partial charge in [-0.1, -0.05) is 0 Å². The van der Waals surface area contributed by atoms with Crippen molar-refractivity contribution in [2.75, 3.05) is 55.7 Å². The molecular weight excluding hydrogens is 503 g/mol. The first-order chi connectivity index (χ1) is 18.2. The van der Waals surface area contributed by atoms with E-state index >= 15 is 0 Å². The summed E-state index contributed by atoms with van der Waals surface area (Å²) in [6, 6.07) is 5.60. The van der Waals surface area contributed by atoms with E-state index in [1.807, 2.05) is 16.1 Å². The van der Waals surface area contributed by atoms with Crippen LogP contribution in [0.25, 0.3) is 0 Å². The van der Waals surface area contributed by atoms with Crippen LogP contribution in [0.5, 0.6) is 0 Å². The van der Waals surface area contributed by atoms with Gasteiger partial charge in [-0.2, -0.15) is 23.5 Å². The van der Waals surface area contributed by atoms with E-state index in [1.165, 1.54) is 0 Å². The van der Waals surface area contributed by atoms with Crippen LogP contribution in [0.2, 0.25) is 0 Å². The minimum Gasteiger partial charge on any atom is -0.378 e. The summed E-state index contributed by atoms with van der Waals surface area (Å²) in [7, 11) is 0. The summed E-state index contributed by atoms with van der Waals surface area (Å²) in [5.74, 6) is 0.889. The number of hydrogen-bond donors (Lipinski definition) is 1. The largest absolute Gasteiger partial charge is 0.423 e. The molecule has 38 heavy (non-hydrogen) atoms. The van der Waals surface area contributed by atoms with Crippen LogP contribution in [-0.2, 0) is 15.7 Å². The second-order valence-corrected chi connectivity index (χ2v) is 10.0. The highest BCUT2D eigenvalue weighted by molar-refractivity contribution is 5.80. The number of carbonyl (C=O) groups is 1. The second kappa shape index (κ2) is 10.6. The smallest absolute Gasteiger partial charge is 0.378 e. The number of nitriles is 1. The third-order valence-corrected chi connectivity index (χ3v) is 7.55. The molecule has 0 spiro atoms. The van der Waals surface area contributed by atoms with Gasteiger partial charge in [0.2, 0.25) is 5.91 Å². The number of hydrogen-bond acceptors (Lipinski definition) is 8. The number of anilines is 2. The quantitative estimate of drug-likeness (QED) is 0.602. The molecule has 3 aliphatic rings. The molecule has 4 heterocycles. The molecule has 5 rings (SSSR count). The van der Waals surface area contributed by atoms with Crippen LogP contribution >= 0.6 is 0 Å². The predicted octanol–water partition coefficient (Wildman–Crippen LogP) is 2.03. The lowest BCUT2D eigenvalue weighted by atomic mass is 9.81. The van der Waals surface area contributed by atoms with E-state index in [0.29, 0.717) is 70.7 Å². The van der Waals surface area contributed by atoms with Crippen LogP contribution in [0.1, 0.15) is 30.4 Å². The highest BCUT2D eigenvalue weighted by Crippen LogP contribution is 2.36. The normalized spacial score (nSPS) is 23.7. The van der Waals surface area contributed by atoms with Gasteiger partial charge in [-0.15, -0.1) is 0 Å². The molecule has 1 unspecified atom stereocenters. The molecule has 0 radical (unpaired) electrons. The van der Waals surface area contributed by atoms with E-state index in [1.54, 1.807) is 17.2 Å². The molecular formula is C25H28F3N7O3. The lowest BCUT2D eigenvalue weighted by Crippen LogP contribution is -2.53. The average molecular weight is 532 g/mol. The highest BCUT2D eigenvalue weighted by Gasteiger charge is 2.41. The van der Waals surface area contributed by atoms with E-state index < -0.39 is 17.3 Å². The number of halogens is 3. The summed E-state index contributed by atoms with van der Waals surface area (Å²) in [6.45, 7) is 3.70. The van der Waals surface area contributed by atoms with Crippen molar-refractivity contribution in [1.29, 1.82) is 5.26 Å². The number of aromatic amines is 1. The molecule has 0 bridgehead atoms. The standard InChI is InChI=1S/C25H28F3N7O3/c26-25(27,28)22-20(13-31-32-23(22)36)35-4-3-17(14-35)15-38-19-9-18(10-19)24(37)34-7-5-33(6-8-34)21-2-1-16(11-29)12-30-21/h1-2,12-13,17-19H,3-10,14-15H2,(H,32,36). The van der Waals surface area contributed by atoms with Crippen LogP contribution in [0.15, 0.2) is 29.3 Å². The molecule has 2 aromatic heterocycles. The van der Waals surface area contributed by atoms with Gasteiger partial charge >= 0.3 is 6.18 Å². The summed E-state index contributed by atoms with van der Waals surface area (Å²) in [4.78, 5) is 34.5. The third kappa shape index (κ3) is 5.45. The Morgan fingerprint density at radius 1 is 1.13 bits per heavy atom. The number of nitrogens with one attached hydrogen (secondary N) is 1. The van der Waals surface area contributed by atoms with Crippen molar-refractivity contribution in [1.82, 2.24) is 20.1 Å². The van der Waals surface area contributed by atoms with Crippen molar-refractivity contribution >= 4 is 17.4 Å². The Labute approximate surface area is 217 Å². The third-order valence-electron chi connectivity index (χ3n) is 7.55. The lowest BCUT2D eigenvalue weighted by Gasteiger charge is -2.41. The first kappa shape index (κ1) is 26.0. The molecule has 202 valence electrons. The van der Waals surface area contributed by atoms with Crippen molar-refractivity contribution < 1.29 is 22.7 Å². The molecule has 3 fully saturated rings. The zero-order valence-electron chi connectivity index (χ0n) is 20.7. The minimum absolute atomic E-state index is 0.0332. The molecule has 13 heteroatoms. The molecule has 1 saturated carbocycles. The van der Waals surface area contributed by atoms with Gasteiger partial charge in [0.1, 0.15) is 17.5 Å². The van der Waals surface area contributed by atoms with Gasteiger partial charge < -0.3 is 19.4 Å². The number of aromatic nitrogens is 3. The summed E-state index contributed by atoms with van der Waals surface area (Å²) in [5, 5.41) is 14.3. The maximum Gasteiger partial charge on any atom is 0.423 e. The van der Waals surface area contributed by atoms with Crippen molar-refractivity contribution in [2.24, 2.45) is 11.8 Å². The van der Waals surface area contributed by atoms with Crippen molar-refractivity contribution in [3.8, 4) is 6.07 Å². The number of carbonyl (C=O) groups excluding carboxylic acids is 1. The zero-order chi connectivity index (χ0) is 26.9. The Kier molecular flexibility index (Phi) is 7.25. The number of ether oxygens (including phenoxy) is 1. The van der Waals surface area contributed by atoms with Crippen molar-refractivity contribution in [2.45, 2.75) is 31.5 Å². The predicted molar refractivity (Wildman–Crippen MR) is 130 cm³/mol. The van der Waals surface area contributed by atoms with Crippen LogP contribution in [0.3, 0.4) is 0 Å². The number of pyridine rings is 1. The van der Waals surface area contributed by atoms with Gasteiger partial charge in [0.05, 0.1) is 30.2 Å². The van der Waals surface area contributed by atoms with E-state index in [0.717, 1.165) is 12.0 Å². The van der Waals surface area contributed by atoms with Gasteiger partial charge in [-0.25, -0.2) is 10.1 Å². The molecule has 1 N–H and O–H groups in total. The van der Waals surface area contributed by atoms with Crippen LogP contribution in [-0.4, -0.2) is 78.0 Å². The van der Waals surface area contributed by atoms with Gasteiger partial charge in [-0.05, 0) is 31.4 Å². The Morgan fingerprint density at radius 2 is 1.89 bits per heavy atom. The minimum atomic E-state index is -4.76. The van der Waals surface area contributed by atoms with E-state index in [9.17, 15) is 22.8 Å². The Hall–Kier alpha value is -3.66. The number of rotatable bonds is 6. The van der Waals surface area contributed by atoms with Crippen LogP contribution in [0.4, 0.5) is 24.7 Å². The Bertz CT molecular complexity index is 1250. The molecule has 2 saturated heterocycles. The number of amides is 1. The summed E-state index contributed by atoms with van der Waals surface area (Å²) in [6.07, 6.45) is -0.265. The van der Waals surface area contributed by atoms with Crippen LogP contribution < -0.4 is 15.4 Å². The van der Waals surface area contributed by atoms with Gasteiger partial charge in [0.15, 0.2) is 0 Å². The molecule has 0 aromatic carbocycles. The molecule has 10 nitrogen and oxygen atoms in total. The number of alkyl halides is 3. The van der Waals surface area contributed by atoms with Crippen molar-refractivity contribution in [3.63, 3.8) is 0 Å².